The molecule has 2 aromatic rings. The third-order valence-corrected chi connectivity index (χ3v) is 4.44. The van der Waals surface area contributed by atoms with Gasteiger partial charge in [0.15, 0.2) is 10.8 Å². The highest BCUT2D eigenvalue weighted by atomic mass is 32.1. The van der Waals surface area contributed by atoms with Crippen LogP contribution in [0.15, 0.2) is 17.7 Å². The van der Waals surface area contributed by atoms with Gasteiger partial charge in [-0.2, -0.15) is 0 Å². The van der Waals surface area contributed by atoms with Crippen LogP contribution < -0.4 is 4.90 Å². The standard InChI is InChI=1S/C14H18N4O2S/c1-16-5-2-6-17(8-7-16)13-11(3-4-12(19)20)18-9-10-21-14(18)15-13/h3-4,9-10H,2,5-8H2,1H3,(H,19,20)/b4-3+. The summed E-state index contributed by atoms with van der Waals surface area (Å²) in [5.74, 6) is -0.0589. The van der Waals surface area contributed by atoms with Crippen molar-refractivity contribution in [1.29, 1.82) is 0 Å². The Hall–Kier alpha value is -1.86. The summed E-state index contributed by atoms with van der Waals surface area (Å²) >= 11 is 1.56. The zero-order chi connectivity index (χ0) is 14.8. The quantitative estimate of drug-likeness (QED) is 0.874. The van der Waals surface area contributed by atoms with Gasteiger partial charge in [0.2, 0.25) is 0 Å². The minimum atomic E-state index is -0.943. The molecule has 112 valence electrons. The first kappa shape index (κ1) is 14.1. The molecule has 1 aliphatic heterocycles. The second-order valence-corrected chi connectivity index (χ2v) is 6.06. The predicted molar refractivity (Wildman–Crippen MR) is 84.1 cm³/mol. The number of nitrogens with zero attached hydrogens (tertiary/aromatic N) is 4. The molecule has 0 radical (unpaired) electrons. The number of carbonyl (C=O) groups is 1. The van der Waals surface area contributed by atoms with Gasteiger partial charge in [-0.25, -0.2) is 9.78 Å². The van der Waals surface area contributed by atoms with Gasteiger partial charge in [0, 0.05) is 37.3 Å². The fourth-order valence-electron chi connectivity index (χ4n) is 2.59. The number of thiazole rings is 1. The molecule has 3 heterocycles. The van der Waals surface area contributed by atoms with Crippen molar-refractivity contribution in [3.63, 3.8) is 0 Å². The Morgan fingerprint density at radius 1 is 1.38 bits per heavy atom. The Morgan fingerprint density at radius 3 is 3.05 bits per heavy atom. The molecule has 1 N–H and O–H groups in total. The topological polar surface area (TPSA) is 61.1 Å². The van der Waals surface area contributed by atoms with E-state index in [4.69, 9.17) is 5.11 Å². The SMILES string of the molecule is CN1CCCN(c2nc3sccn3c2/C=C/C(=O)O)CC1. The maximum atomic E-state index is 10.8. The fourth-order valence-corrected chi connectivity index (χ4v) is 3.30. The zero-order valence-corrected chi connectivity index (χ0v) is 12.7. The highest BCUT2D eigenvalue weighted by molar-refractivity contribution is 7.15. The molecular formula is C14H18N4O2S. The van der Waals surface area contributed by atoms with Crippen molar-refractivity contribution in [3.05, 3.63) is 23.3 Å². The summed E-state index contributed by atoms with van der Waals surface area (Å²) in [5.41, 5.74) is 0.846. The zero-order valence-electron chi connectivity index (χ0n) is 11.9. The van der Waals surface area contributed by atoms with E-state index in [0.717, 1.165) is 49.1 Å². The van der Waals surface area contributed by atoms with E-state index < -0.39 is 5.97 Å². The maximum absolute atomic E-state index is 10.8. The summed E-state index contributed by atoms with van der Waals surface area (Å²) in [4.78, 5) is 21.0. The Bertz CT molecular complexity index is 676. The predicted octanol–water partition coefficient (Wildman–Crippen LogP) is 1.64. The van der Waals surface area contributed by atoms with Gasteiger partial charge in [-0.3, -0.25) is 4.40 Å². The monoisotopic (exact) mass is 306 g/mol. The lowest BCUT2D eigenvalue weighted by Crippen LogP contribution is -2.29. The molecule has 1 saturated heterocycles. The third kappa shape index (κ3) is 2.93. The number of carboxylic acid groups (broad SMARTS) is 1. The number of fused-ring (bicyclic) bond motifs is 1. The van der Waals surface area contributed by atoms with Crippen LogP contribution in [0.4, 0.5) is 5.82 Å². The molecule has 3 rings (SSSR count). The first-order chi connectivity index (χ1) is 10.1. The minimum Gasteiger partial charge on any atom is -0.478 e. The number of rotatable bonds is 3. The normalized spacial score (nSPS) is 17.7. The molecule has 0 aromatic carbocycles. The van der Waals surface area contributed by atoms with E-state index in [1.807, 2.05) is 16.0 Å². The summed E-state index contributed by atoms with van der Waals surface area (Å²) in [5, 5.41) is 10.8. The summed E-state index contributed by atoms with van der Waals surface area (Å²) in [6.45, 7) is 3.94. The Balaban J connectivity index is 1.98. The number of aliphatic carboxylic acids is 1. The van der Waals surface area contributed by atoms with Crippen LogP contribution in [0.5, 0.6) is 0 Å². The summed E-state index contributed by atoms with van der Waals surface area (Å²) in [6.07, 6.45) is 5.83. The smallest absolute Gasteiger partial charge is 0.328 e. The van der Waals surface area contributed by atoms with Crippen molar-refractivity contribution < 1.29 is 9.90 Å². The van der Waals surface area contributed by atoms with Crippen LogP contribution in [0.1, 0.15) is 12.1 Å². The highest BCUT2D eigenvalue weighted by Gasteiger charge is 2.20. The summed E-state index contributed by atoms with van der Waals surface area (Å²) in [6, 6.07) is 0. The van der Waals surface area contributed by atoms with Crippen molar-refractivity contribution in [3.8, 4) is 0 Å². The van der Waals surface area contributed by atoms with Crippen molar-refractivity contribution in [2.75, 3.05) is 38.1 Å². The van der Waals surface area contributed by atoms with Gasteiger partial charge in [0.1, 0.15) is 0 Å². The van der Waals surface area contributed by atoms with Gasteiger partial charge in [-0.05, 0) is 26.1 Å². The van der Waals surface area contributed by atoms with Crippen molar-refractivity contribution in [1.82, 2.24) is 14.3 Å². The van der Waals surface area contributed by atoms with E-state index in [-0.39, 0.29) is 0 Å². The maximum Gasteiger partial charge on any atom is 0.328 e. The molecular weight excluding hydrogens is 288 g/mol. The second-order valence-electron chi connectivity index (χ2n) is 5.19. The van der Waals surface area contributed by atoms with Gasteiger partial charge >= 0.3 is 5.97 Å². The van der Waals surface area contributed by atoms with Crippen LogP contribution in [-0.2, 0) is 4.79 Å². The van der Waals surface area contributed by atoms with Crippen LogP contribution in [0, 0.1) is 0 Å². The van der Waals surface area contributed by atoms with E-state index in [2.05, 4.69) is 21.8 Å². The van der Waals surface area contributed by atoms with Gasteiger partial charge in [0.05, 0.1) is 5.69 Å². The molecule has 2 aromatic heterocycles. The molecule has 7 heteroatoms. The fraction of sp³-hybridized carbons (Fsp3) is 0.429. The largest absolute Gasteiger partial charge is 0.478 e. The molecule has 0 bridgehead atoms. The van der Waals surface area contributed by atoms with E-state index in [9.17, 15) is 4.79 Å². The summed E-state index contributed by atoms with van der Waals surface area (Å²) < 4.78 is 1.95. The van der Waals surface area contributed by atoms with Crippen LogP contribution in [0.3, 0.4) is 0 Å². The number of hydrogen-bond donors (Lipinski definition) is 1. The molecule has 0 atom stereocenters. The van der Waals surface area contributed by atoms with Crippen LogP contribution in [0.2, 0.25) is 0 Å². The average molecular weight is 306 g/mol. The average Bonchev–Trinajstić information content (AvgIpc) is 2.94. The van der Waals surface area contributed by atoms with E-state index in [1.165, 1.54) is 6.08 Å². The Morgan fingerprint density at radius 2 is 2.24 bits per heavy atom. The molecule has 0 spiro atoms. The number of hydrogen-bond acceptors (Lipinski definition) is 5. The number of carboxylic acids is 1. The van der Waals surface area contributed by atoms with E-state index >= 15 is 0 Å². The summed E-state index contributed by atoms with van der Waals surface area (Å²) in [7, 11) is 2.13. The van der Waals surface area contributed by atoms with Gasteiger partial charge in [0.25, 0.3) is 0 Å². The molecule has 1 fully saturated rings. The highest BCUT2D eigenvalue weighted by Crippen LogP contribution is 2.26. The molecule has 0 amide bonds. The van der Waals surface area contributed by atoms with E-state index in [0.29, 0.717) is 0 Å². The molecule has 6 nitrogen and oxygen atoms in total. The lowest BCUT2D eigenvalue weighted by Gasteiger charge is -2.21. The molecule has 1 aliphatic rings. The minimum absolute atomic E-state index is 0.846. The van der Waals surface area contributed by atoms with Crippen molar-refractivity contribution in [2.45, 2.75) is 6.42 Å². The first-order valence-electron chi connectivity index (χ1n) is 6.95. The van der Waals surface area contributed by atoms with Crippen LogP contribution >= 0.6 is 11.3 Å². The Labute approximate surface area is 126 Å². The molecule has 21 heavy (non-hydrogen) atoms. The second kappa shape index (κ2) is 5.87. The van der Waals surface area contributed by atoms with Gasteiger partial charge in [-0.15, -0.1) is 11.3 Å². The number of likely N-dealkylation sites (N-methyl/N-ethyl adjacent to an activating group) is 1. The molecule has 0 aliphatic carbocycles. The lowest BCUT2D eigenvalue weighted by atomic mass is 10.3. The van der Waals surface area contributed by atoms with E-state index in [1.54, 1.807) is 17.4 Å². The lowest BCUT2D eigenvalue weighted by molar-refractivity contribution is -0.131. The number of anilines is 1. The van der Waals surface area contributed by atoms with Gasteiger partial charge in [-0.1, -0.05) is 0 Å². The van der Waals surface area contributed by atoms with Crippen molar-refractivity contribution in [2.24, 2.45) is 0 Å². The van der Waals surface area contributed by atoms with Gasteiger partial charge < -0.3 is 14.9 Å². The number of imidazole rings is 1. The van der Waals surface area contributed by atoms with Crippen molar-refractivity contribution >= 4 is 34.2 Å². The Kier molecular flexibility index (Phi) is 3.94. The van der Waals surface area contributed by atoms with Crippen LogP contribution in [-0.4, -0.2) is 58.6 Å². The molecule has 0 unspecified atom stereocenters. The first-order valence-corrected chi connectivity index (χ1v) is 7.83. The van der Waals surface area contributed by atoms with Crippen LogP contribution in [0.25, 0.3) is 11.0 Å². The molecule has 0 saturated carbocycles. The third-order valence-electron chi connectivity index (χ3n) is 3.68. The number of aromatic nitrogens is 2.